The van der Waals surface area contributed by atoms with Crippen LogP contribution in [-0.4, -0.2) is 15.8 Å². The Labute approximate surface area is 98.2 Å². The topological polar surface area (TPSA) is 80.4 Å². The van der Waals surface area contributed by atoms with E-state index in [1.165, 1.54) is 18.2 Å². The van der Waals surface area contributed by atoms with Crippen LogP contribution in [0.4, 0.5) is 5.69 Å². The first-order valence-corrected chi connectivity index (χ1v) is 5.54. The van der Waals surface area contributed by atoms with E-state index in [9.17, 15) is 20.0 Å². The van der Waals surface area contributed by atoms with E-state index in [1.807, 2.05) is 0 Å². The maximum atomic E-state index is 11.5. The molecule has 1 saturated carbocycles. The largest absolute Gasteiger partial charge is 0.388 e. The number of non-ortho nitro benzene ring substituents is 1. The van der Waals surface area contributed by atoms with Crippen molar-refractivity contribution in [2.45, 2.75) is 25.4 Å². The van der Waals surface area contributed by atoms with Crippen LogP contribution in [-0.2, 0) is 4.79 Å². The lowest BCUT2D eigenvalue weighted by Crippen LogP contribution is -2.16. The molecule has 17 heavy (non-hydrogen) atoms. The van der Waals surface area contributed by atoms with Crippen molar-refractivity contribution in [1.29, 1.82) is 0 Å². The van der Waals surface area contributed by atoms with Gasteiger partial charge in [-0.15, -0.1) is 0 Å². The van der Waals surface area contributed by atoms with Gasteiger partial charge in [-0.05, 0) is 18.4 Å². The minimum Gasteiger partial charge on any atom is -0.388 e. The summed E-state index contributed by atoms with van der Waals surface area (Å²) >= 11 is 0. The van der Waals surface area contributed by atoms with Gasteiger partial charge in [0.25, 0.3) is 5.69 Å². The summed E-state index contributed by atoms with van der Waals surface area (Å²) in [5, 5.41) is 20.7. The summed E-state index contributed by atoms with van der Waals surface area (Å²) in [6, 6.07) is 5.84. The van der Waals surface area contributed by atoms with Crippen LogP contribution in [0.25, 0.3) is 0 Å². The van der Waals surface area contributed by atoms with E-state index in [0.29, 0.717) is 18.4 Å². The number of carbonyl (C=O) groups excluding carboxylic acids is 1. The molecule has 1 unspecified atom stereocenters. The Hall–Kier alpha value is -1.75. The normalized spacial score (nSPS) is 21.5. The molecule has 2 atom stereocenters. The fourth-order valence-corrected chi connectivity index (χ4v) is 2.23. The Kier molecular flexibility index (Phi) is 3.19. The summed E-state index contributed by atoms with van der Waals surface area (Å²) in [4.78, 5) is 21.6. The zero-order valence-corrected chi connectivity index (χ0v) is 9.20. The third kappa shape index (κ3) is 2.34. The van der Waals surface area contributed by atoms with Gasteiger partial charge in [-0.25, -0.2) is 0 Å². The number of ketones is 1. The molecule has 1 aliphatic carbocycles. The molecule has 1 aliphatic rings. The number of aliphatic hydroxyl groups is 1. The second-order valence-electron chi connectivity index (χ2n) is 4.26. The van der Waals surface area contributed by atoms with Gasteiger partial charge in [0.15, 0.2) is 0 Å². The number of nitro benzene ring substituents is 1. The van der Waals surface area contributed by atoms with Crippen LogP contribution in [0, 0.1) is 16.0 Å². The second-order valence-corrected chi connectivity index (χ2v) is 4.26. The highest BCUT2D eigenvalue weighted by Gasteiger charge is 2.32. The van der Waals surface area contributed by atoms with Gasteiger partial charge >= 0.3 is 0 Å². The zero-order chi connectivity index (χ0) is 12.4. The third-order valence-electron chi connectivity index (χ3n) is 3.16. The quantitative estimate of drug-likeness (QED) is 0.641. The lowest BCUT2D eigenvalue weighted by molar-refractivity contribution is -0.385. The Morgan fingerprint density at radius 2 is 2.24 bits per heavy atom. The monoisotopic (exact) mass is 235 g/mol. The molecule has 0 radical (unpaired) electrons. The fraction of sp³-hybridized carbons (Fsp3) is 0.417. The summed E-state index contributed by atoms with van der Waals surface area (Å²) in [5.74, 6) is -0.360. The number of nitrogens with zero attached hydrogens (tertiary/aromatic N) is 1. The van der Waals surface area contributed by atoms with Crippen LogP contribution in [0.15, 0.2) is 24.3 Å². The highest BCUT2D eigenvalue weighted by Crippen LogP contribution is 2.34. The van der Waals surface area contributed by atoms with Gasteiger partial charge in [-0.1, -0.05) is 12.1 Å². The molecule has 90 valence electrons. The van der Waals surface area contributed by atoms with Crippen molar-refractivity contribution in [2.75, 3.05) is 0 Å². The van der Waals surface area contributed by atoms with E-state index in [1.54, 1.807) is 6.07 Å². The van der Waals surface area contributed by atoms with Crippen LogP contribution >= 0.6 is 0 Å². The molecule has 5 heteroatoms. The number of benzene rings is 1. The average molecular weight is 235 g/mol. The molecule has 0 heterocycles. The maximum Gasteiger partial charge on any atom is 0.269 e. The van der Waals surface area contributed by atoms with Gasteiger partial charge in [-0.3, -0.25) is 14.9 Å². The predicted octanol–water partition coefficient (Wildman–Crippen LogP) is 2.00. The summed E-state index contributed by atoms with van der Waals surface area (Å²) < 4.78 is 0. The molecule has 1 aromatic rings. The number of aliphatic hydroxyl groups excluding tert-OH is 1. The van der Waals surface area contributed by atoms with E-state index in [-0.39, 0.29) is 11.5 Å². The van der Waals surface area contributed by atoms with E-state index in [2.05, 4.69) is 0 Å². The van der Waals surface area contributed by atoms with E-state index >= 15 is 0 Å². The maximum absolute atomic E-state index is 11.5. The summed E-state index contributed by atoms with van der Waals surface area (Å²) in [5.41, 5.74) is 0.381. The Morgan fingerprint density at radius 1 is 1.47 bits per heavy atom. The standard InChI is InChI=1S/C12H13NO4/c14-11-6-2-5-10(11)12(15)8-3-1-4-9(7-8)13(16)17/h1,3-4,7,10,12,15H,2,5-6H2/t10?,12-/m0/s1. The van der Waals surface area contributed by atoms with Crippen molar-refractivity contribution in [3.05, 3.63) is 39.9 Å². The minimum atomic E-state index is -0.926. The molecule has 0 aromatic heterocycles. The molecule has 2 rings (SSSR count). The van der Waals surface area contributed by atoms with Gasteiger partial charge in [0, 0.05) is 24.5 Å². The second kappa shape index (κ2) is 4.63. The SMILES string of the molecule is O=C1CCCC1[C@@H](O)c1cccc([N+](=O)[O-])c1. The fourth-order valence-electron chi connectivity index (χ4n) is 2.23. The first kappa shape index (κ1) is 11.7. The Bertz CT molecular complexity index is 458. The van der Waals surface area contributed by atoms with Crippen molar-refractivity contribution >= 4 is 11.5 Å². The smallest absolute Gasteiger partial charge is 0.269 e. The van der Waals surface area contributed by atoms with Gasteiger partial charge in [0.05, 0.1) is 11.0 Å². The third-order valence-corrected chi connectivity index (χ3v) is 3.16. The number of hydrogen-bond acceptors (Lipinski definition) is 4. The predicted molar refractivity (Wildman–Crippen MR) is 60.4 cm³/mol. The first-order chi connectivity index (χ1) is 8.09. The number of rotatable bonds is 3. The molecule has 1 fully saturated rings. The van der Waals surface area contributed by atoms with Crippen LogP contribution < -0.4 is 0 Å². The van der Waals surface area contributed by atoms with E-state index < -0.39 is 16.9 Å². The lowest BCUT2D eigenvalue weighted by Gasteiger charge is -2.16. The molecule has 0 aliphatic heterocycles. The number of carbonyl (C=O) groups is 1. The van der Waals surface area contributed by atoms with E-state index in [0.717, 1.165) is 6.42 Å². The summed E-state index contributed by atoms with van der Waals surface area (Å²) in [7, 11) is 0. The molecular formula is C12H13NO4. The molecule has 0 spiro atoms. The number of hydrogen-bond donors (Lipinski definition) is 1. The highest BCUT2D eigenvalue weighted by molar-refractivity contribution is 5.83. The molecule has 0 amide bonds. The molecule has 5 nitrogen and oxygen atoms in total. The van der Waals surface area contributed by atoms with Crippen molar-refractivity contribution < 1.29 is 14.8 Å². The van der Waals surface area contributed by atoms with Gasteiger partial charge in [0.2, 0.25) is 0 Å². The molecular weight excluding hydrogens is 222 g/mol. The Morgan fingerprint density at radius 3 is 2.82 bits per heavy atom. The molecule has 1 N–H and O–H groups in total. The average Bonchev–Trinajstić information content (AvgIpc) is 2.74. The summed E-state index contributed by atoms with van der Waals surface area (Å²) in [6.45, 7) is 0. The van der Waals surface area contributed by atoms with Gasteiger partial charge in [-0.2, -0.15) is 0 Å². The van der Waals surface area contributed by atoms with Gasteiger partial charge < -0.3 is 5.11 Å². The van der Waals surface area contributed by atoms with Crippen molar-refractivity contribution in [3.63, 3.8) is 0 Å². The first-order valence-electron chi connectivity index (χ1n) is 5.54. The molecule has 1 aromatic carbocycles. The van der Waals surface area contributed by atoms with Crippen LogP contribution in [0.5, 0.6) is 0 Å². The lowest BCUT2D eigenvalue weighted by atomic mass is 9.93. The van der Waals surface area contributed by atoms with E-state index in [4.69, 9.17) is 0 Å². The molecule has 0 saturated heterocycles. The zero-order valence-electron chi connectivity index (χ0n) is 9.20. The van der Waals surface area contributed by atoms with Crippen LogP contribution in [0.3, 0.4) is 0 Å². The Balaban J connectivity index is 2.24. The number of nitro groups is 1. The van der Waals surface area contributed by atoms with Crippen molar-refractivity contribution in [2.24, 2.45) is 5.92 Å². The van der Waals surface area contributed by atoms with Crippen molar-refractivity contribution in [3.8, 4) is 0 Å². The van der Waals surface area contributed by atoms with Gasteiger partial charge in [0.1, 0.15) is 5.78 Å². The summed E-state index contributed by atoms with van der Waals surface area (Å²) in [6.07, 6.45) is 1.01. The van der Waals surface area contributed by atoms with Crippen LogP contribution in [0.1, 0.15) is 30.9 Å². The van der Waals surface area contributed by atoms with Crippen molar-refractivity contribution in [1.82, 2.24) is 0 Å². The van der Waals surface area contributed by atoms with Crippen LogP contribution in [0.2, 0.25) is 0 Å². The number of Topliss-reactive ketones (excluding diaryl/α,β-unsaturated/α-hetero) is 1. The molecule has 0 bridgehead atoms. The minimum absolute atomic E-state index is 0.0454. The highest BCUT2D eigenvalue weighted by atomic mass is 16.6.